The number of likely N-dealkylation sites (tertiary alicyclic amines) is 1. The third kappa shape index (κ3) is 2.77. The first-order valence-corrected chi connectivity index (χ1v) is 7.22. The number of nitrogens with one attached hydrogen (secondary N) is 1. The predicted molar refractivity (Wildman–Crippen MR) is 71.5 cm³/mol. The first kappa shape index (κ1) is 13.0. The second-order valence-electron chi connectivity index (χ2n) is 4.62. The lowest BCUT2D eigenvalue weighted by molar-refractivity contribution is 0.187. The number of nitrogens with zero attached hydrogens (tertiary/aromatic N) is 5. The number of hydrogen-bond acceptors (Lipinski definition) is 7. The molecule has 0 radical (unpaired) electrons. The molecule has 9 heteroatoms. The van der Waals surface area contributed by atoms with Gasteiger partial charge in [-0.1, -0.05) is 16.5 Å². The van der Waals surface area contributed by atoms with Crippen LogP contribution in [0.3, 0.4) is 0 Å². The Balaban J connectivity index is 1.54. The number of carbonyl (C=O) groups is 1. The molecule has 1 aliphatic rings. The van der Waals surface area contributed by atoms with Gasteiger partial charge in [0.15, 0.2) is 5.82 Å². The SMILES string of the molecule is Cc1noc(C2CCN(C(=O)Nc3nncs3)CC2)n1. The zero-order valence-corrected chi connectivity index (χ0v) is 11.8. The van der Waals surface area contributed by atoms with E-state index >= 15 is 0 Å². The Morgan fingerprint density at radius 3 is 2.90 bits per heavy atom. The highest BCUT2D eigenvalue weighted by Gasteiger charge is 2.27. The quantitative estimate of drug-likeness (QED) is 0.904. The van der Waals surface area contributed by atoms with Crippen molar-refractivity contribution < 1.29 is 9.32 Å². The molecule has 0 bridgehead atoms. The zero-order valence-electron chi connectivity index (χ0n) is 10.9. The smallest absolute Gasteiger partial charge is 0.323 e. The average molecular weight is 294 g/mol. The number of carbonyl (C=O) groups excluding carboxylic acids is 1. The molecular formula is C11H14N6O2S. The fraction of sp³-hybridized carbons (Fsp3) is 0.545. The number of amides is 2. The summed E-state index contributed by atoms with van der Waals surface area (Å²) in [7, 11) is 0. The molecule has 0 aromatic carbocycles. The van der Waals surface area contributed by atoms with Crippen LogP contribution in [0.4, 0.5) is 9.93 Å². The van der Waals surface area contributed by atoms with Gasteiger partial charge < -0.3 is 9.42 Å². The zero-order chi connectivity index (χ0) is 13.9. The number of aromatic nitrogens is 4. The van der Waals surface area contributed by atoms with Gasteiger partial charge in [0.2, 0.25) is 11.0 Å². The van der Waals surface area contributed by atoms with Gasteiger partial charge in [0.05, 0.1) is 0 Å². The van der Waals surface area contributed by atoms with E-state index in [1.54, 1.807) is 17.3 Å². The van der Waals surface area contributed by atoms with Crippen LogP contribution in [0.1, 0.15) is 30.5 Å². The molecule has 0 saturated carbocycles. The monoisotopic (exact) mass is 294 g/mol. The molecule has 2 aromatic heterocycles. The van der Waals surface area contributed by atoms with Gasteiger partial charge in [-0.2, -0.15) is 4.98 Å². The van der Waals surface area contributed by atoms with Gasteiger partial charge in [0.1, 0.15) is 5.51 Å². The maximum absolute atomic E-state index is 12.0. The van der Waals surface area contributed by atoms with Crippen molar-refractivity contribution >= 4 is 22.5 Å². The molecule has 2 aromatic rings. The minimum absolute atomic E-state index is 0.137. The maximum Gasteiger partial charge on any atom is 0.323 e. The Bertz CT molecular complexity index is 576. The first-order valence-electron chi connectivity index (χ1n) is 6.34. The number of piperidine rings is 1. The van der Waals surface area contributed by atoms with Gasteiger partial charge in [-0.05, 0) is 19.8 Å². The number of aryl methyl sites for hydroxylation is 1. The lowest BCUT2D eigenvalue weighted by Crippen LogP contribution is -2.40. The fourth-order valence-corrected chi connectivity index (χ4v) is 2.64. The molecule has 2 amide bonds. The molecule has 3 heterocycles. The molecule has 1 aliphatic heterocycles. The second-order valence-corrected chi connectivity index (χ2v) is 5.45. The van der Waals surface area contributed by atoms with E-state index in [0.29, 0.717) is 29.9 Å². The molecule has 20 heavy (non-hydrogen) atoms. The van der Waals surface area contributed by atoms with Gasteiger partial charge >= 0.3 is 6.03 Å². The van der Waals surface area contributed by atoms with Gasteiger partial charge in [-0.25, -0.2) is 4.79 Å². The van der Waals surface area contributed by atoms with Crippen LogP contribution in [0.25, 0.3) is 0 Å². The number of rotatable bonds is 2. The van der Waals surface area contributed by atoms with Gasteiger partial charge in [0.25, 0.3) is 0 Å². The van der Waals surface area contributed by atoms with E-state index in [4.69, 9.17) is 4.52 Å². The van der Waals surface area contributed by atoms with Crippen LogP contribution in [-0.2, 0) is 0 Å². The average Bonchev–Trinajstić information content (AvgIpc) is 3.10. The summed E-state index contributed by atoms with van der Waals surface area (Å²) < 4.78 is 5.19. The van der Waals surface area contributed by atoms with Crippen LogP contribution >= 0.6 is 11.3 Å². The van der Waals surface area contributed by atoms with Crippen molar-refractivity contribution in [3.63, 3.8) is 0 Å². The van der Waals surface area contributed by atoms with Gasteiger partial charge in [0, 0.05) is 19.0 Å². The summed E-state index contributed by atoms with van der Waals surface area (Å²) in [6.07, 6.45) is 1.65. The summed E-state index contributed by atoms with van der Waals surface area (Å²) in [6, 6.07) is -0.137. The maximum atomic E-state index is 12.0. The Hall–Kier alpha value is -2.03. The Labute approximate surface area is 119 Å². The summed E-state index contributed by atoms with van der Waals surface area (Å²) in [5, 5.41) is 14.5. The number of hydrogen-bond donors (Lipinski definition) is 1. The van der Waals surface area contributed by atoms with Crippen LogP contribution in [0.15, 0.2) is 10.0 Å². The van der Waals surface area contributed by atoms with Crippen LogP contribution in [0.2, 0.25) is 0 Å². The molecule has 1 saturated heterocycles. The van der Waals surface area contributed by atoms with Gasteiger partial charge in [-0.3, -0.25) is 5.32 Å². The minimum Gasteiger partial charge on any atom is -0.339 e. The molecule has 3 rings (SSSR count). The molecule has 0 aliphatic carbocycles. The summed E-state index contributed by atoms with van der Waals surface area (Å²) in [5.41, 5.74) is 1.58. The highest BCUT2D eigenvalue weighted by Crippen LogP contribution is 2.27. The minimum atomic E-state index is -0.137. The summed E-state index contributed by atoms with van der Waals surface area (Å²) >= 11 is 1.30. The lowest BCUT2D eigenvalue weighted by Gasteiger charge is -2.29. The molecule has 106 valence electrons. The molecule has 0 unspecified atom stereocenters. The van der Waals surface area contributed by atoms with Crippen molar-refractivity contribution in [2.75, 3.05) is 18.4 Å². The molecule has 0 spiro atoms. The van der Waals surface area contributed by atoms with Crippen molar-refractivity contribution in [1.29, 1.82) is 0 Å². The molecular weight excluding hydrogens is 280 g/mol. The van der Waals surface area contributed by atoms with Crippen LogP contribution < -0.4 is 5.32 Å². The van der Waals surface area contributed by atoms with Crippen LogP contribution in [0, 0.1) is 6.92 Å². The van der Waals surface area contributed by atoms with E-state index in [2.05, 4.69) is 25.7 Å². The van der Waals surface area contributed by atoms with E-state index in [-0.39, 0.29) is 11.9 Å². The number of anilines is 1. The van der Waals surface area contributed by atoms with Crippen molar-refractivity contribution in [3.8, 4) is 0 Å². The third-order valence-corrected chi connectivity index (χ3v) is 3.86. The second kappa shape index (κ2) is 5.53. The van der Waals surface area contributed by atoms with E-state index < -0.39 is 0 Å². The summed E-state index contributed by atoms with van der Waals surface area (Å²) in [5.74, 6) is 1.56. The Morgan fingerprint density at radius 1 is 1.50 bits per heavy atom. The van der Waals surface area contributed by atoms with Crippen molar-refractivity contribution in [2.24, 2.45) is 0 Å². The molecule has 8 nitrogen and oxygen atoms in total. The predicted octanol–water partition coefficient (Wildman–Crippen LogP) is 1.64. The third-order valence-electron chi connectivity index (χ3n) is 3.25. The van der Waals surface area contributed by atoms with Gasteiger partial charge in [-0.15, -0.1) is 10.2 Å². The van der Waals surface area contributed by atoms with Crippen LogP contribution in [0.5, 0.6) is 0 Å². The van der Waals surface area contributed by atoms with Crippen molar-refractivity contribution in [2.45, 2.75) is 25.7 Å². The summed E-state index contributed by atoms with van der Waals surface area (Å²) in [6.45, 7) is 3.13. The standard InChI is InChI=1S/C11H14N6O2S/c1-7-13-9(19-16-7)8-2-4-17(5-3-8)11(18)14-10-15-12-6-20-10/h6,8H,2-5H2,1H3,(H,14,15,18). The largest absolute Gasteiger partial charge is 0.339 e. The highest BCUT2D eigenvalue weighted by molar-refractivity contribution is 7.13. The summed E-state index contributed by atoms with van der Waals surface area (Å²) in [4.78, 5) is 18.0. The molecule has 1 N–H and O–H groups in total. The highest BCUT2D eigenvalue weighted by atomic mass is 32.1. The fourth-order valence-electron chi connectivity index (χ4n) is 2.21. The Kier molecular flexibility index (Phi) is 3.59. The number of urea groups is 1. The van der Waals surface area contributed by atoms with Crippen LogP contribution in [-0.4, -0.2) is 44.4 Å². The normalized spacial score (nSPS) is 16.4. The van der Waals surface area contributed by atoms with E-state index in [1.165, 1.54) is 11.3 Å². The lowest BCUT2D eigenvalue weighted by atomic mass is 9.97. The Morgan fingerprint density at radius 2 is 2.30 bits per heavy atom. The topological polar surface area (TPSA) is 97.0 Å². The van der Waals surface area contributed by atoms with E-state index in [0.717, 1.165) is 12.8 Å². The molecule has 0 atom stereocenters. The van der Waals surface area contributed by atoms with Crippen molar-refractivity contribution in [1.82, 2.24) is 25.2 Å². The van der Waals surface area contributed by atoms with Crippen molar-refractivity contribution in [3.05, 3.63) is 17.2 Å². The van der Waals surface area contributed by atoms with E-state index in [1.807, 2.05) is 0 Å². The molecule has 1 fully saturated rings. The first-order chi connectivity index (χ1) is 9.72. The van der Waals surface area contributed by atoms with E-state index in [9.17, 15) is 4.79 Å².